The number of nitrogens with two attached hydrogens (primary N) is 2. The molecule has 3 heterocycles. The van der Waals surface area contributed by atoms with Gasteiger partial charge in [0.1, 0.15) is 110 Å². The Morgan fingerprint density at radius 3 is 1.19 bits per heavy atom. The van der Waals surface area contributed by atoms with Crippen molar-refractivity contribution in [1.29, 1.82) is 0 Å². The predicted molar refractivity (Wildman–Crippen MR) is 248 cm³/mol. The van der Waals surface area contributed by atoms with Crippen LogP contribution >= 0.6 is 0 Å². The fourth-order valence-corrected chi connectivity index (χ4v) is 7.63. The first-order chi connectivity index (χ1) is 35.6. The molecule has 444 valence electrons. The normalized spacial score (nSPS) is 33.4. The van der Waals surface area contributed by atoms with E-state index in [-0.39, 0.29) is 13.1 Å². The van der Waals surface area contributed by atoms with Crippen LogP contribution in [0.1, 0.15) is 25.7 Å². The Labute approximate surface area is 431 Å². The van der Waals surface area contributed by atoms with Crippen molar-refractivity contribution in [3.05, 3.63) is 0 Å². The molecule has 3 fully saturated rings. The van der Waals surface area contributed by atoms with Crippen molar-refractivity contribution < 1.29 is 135 Å². The molecule has 0 aromatic carbocycles. The number of aliphatic hydroxyl groups is 19. The number of amides is 2. The summed E-state index contributed by atoms with van der Waals surface area (Å²) in [5.74, 6) is -2.02. The maximum atomic E-state index is 12.4. The summed E-state index contributed by atoms with van der Waals surface area (Å²) in [6, 6.07) is 0. The molecule has 3 saturated heterocycles. The van der Waals surface area contributed by atoms with Crippen molar-refractivity contribution in [2.45, 2.75) is 167 Å². The van der Waals surface area contributed by atoms with Gasteiger partial charge in [0.2, 0.25) is 0 Å². The molecule has 0 aliphatic carbocycles. The third-order valence-corrected chi connectivity index (χ3v) is 12.2. The van der Waals surface area contributed by atoms with Gasteiger partial charge in [-0.3, -0.25) is 9.59 Å². The molecule has 75 heavy (non-hydrogen) atoms. The first-order valence-corrected chi connectivity index (χ1v) is 24.5. The van der Waals surface area contributed by atoms with Crippen molar-refractivity contribution in [2.75, 3.05) is 85.4 Å². The number of hydrogen-bond donors (Lipinski definition) is 25. The van der Waals surface area contributed by atoms with E-state index < -0.39 is 186 Å². The second kappa shape index (κ2) is 36.1. The first-order valence-electron chi connectivity index (χ1n) is 24.5. The van der Waals surface area contributed by atoms with Crippen LogP contribution in [0.5, 0.6) is 0 Å². The first kappa shape index (κ1) is 68.9. The molecule has 3 aliphatic heterocycles. The summed E-state index contributed by atoms with van der Waals surface area (Å²) >= 11 is 0. The maximum Gasteiger partial charge on any atom is 0.251 e. The van der Waals surface area contributed by atoms with Crippen molar-refractivity contribution in [2.24, 2.45) is 11.5 Å². The van der Waals surface area contributed by atoms with Crippen LogP contribution in [0.2, 0.25) is 0 Å². The molecule has 2 amide bonds. The Kier molecular flexibility index (Phi) is 33.2. The summed E-state index contributed by atoms with van der Waals surface area (Å²) in [4.78, 5) is 24.5. The molecule has 10 unspecified atom stereocenters. The Hall–Kier alpha value is -2.22. The average molecular weight is 1110 g/mol. The number of nitrogens with one attached hydrogen (secondary N) is 4. The molecular formula is C42H84N6O27. The molecule has 0 radical (unpaired) electrons. The number of ether oxygens (including phenoxy) is 6. The molecule has 0 bridgehead atoms. The summed E-state index contributed by atoms with van der Waals surface area (Å²) in [6.07, 6.45) is -38.8. The summed E-state index contributed by atoms with van der Waals surface area (Å²) in [7, 11) is 0. The molecule has 3 rings (SSSR count). The van der Waals surface area contributed by atoms with E-state index in [4.69, 9.17) is 39.9 Å². The van der Waals surface area contributed by atoms with Crippen LogP contribution in [0.3, 0.4) is 0 Å². The average Bonchev–Trinajstić information content (AvgIpc) is 3.41. The zero-order valence-electron chi connectivity index (χ0n) is 41.2. The van der Waals surface area contributed by atoms with E-state index in [0.717, 1.165) is 25.7 Å². The summed E-state index contributed by atoms with van der Waals surface area (Å²) in [5.41, 5.74) is 10.8. The van der Waals surface area contributed by atoms with Crippen molar-refractivity contribution in [1.82, 2.24) is 21.3 Å². The maximum absolute atomic E-state index is 12.4. The number of unbranched alkanes of at least 4 members (excludes halogenated alkanes) is 2. The highest BCUT2D eigenvalue weighted by atomic mass is 16.7. The van der Waals surface area contributed by atoms with Gasteiger partial charge in [-0.05, 0) is 51.9 Å². The molecule has 0 saturated carbocycles. The number of carbonyl (C=O) groups is 2. The quantitative estimate of drug-likeness (QED) is 0.0271. The molecule has 0 spiro atoms. The van der Waals surface area contributed by atoms with Crippen molar-refractivity contribution in [3.8, 4) is 0 Å². The van der Waals surface area contributed by atoms with Gasteiger partial charge in [0.05, 0.1) is 33.0 Å². The second-order valence-corrected chi connectivity index (χ2v) is 17.8. The minimum atomic E-state index is -2.18. The summed E-state index contributed by atoms with van der Waals surface area (Å²) < 4.78 is 31.9. The largest absolute Gasteiger partial charge is 0.394 e. The van der Waals surface area contributed by atoms with E-state index in [9.17, 15) is 107 Å². The Morgan fingerprint density at radius 1 is 0.453 bits per heavy atom. The molecule has 0 aromatic rings. The van der Waals surface area contributed by atoms with E-state index in [0.29, 0.717) is 39.3 Å². The minimum absolute atomic E-state index is 0.0734. The van der Waals surface area contributed by atoms with Gasteiger partial charge in [-0.2, -0.15) is 0 Å². The smallest absolute Gasteiger partial charge is 0.251 e. The number of carbonyl (C=O) groups excluding carboxylic acids is 2. The van der Waals surface area contributed by atoms with Crippen LogP contribution in [-0.4, -0.2) is 335 Å². The van der Waals surface area contributed by atoms with Gasteiger partial charge in [0.25, 0.3) is 11.8 Å². The van der Waals surface area contributed by atoms with Crippen LogP contribution < -0.4 is 32.7 Å². The minimum Gasteiger partial charge on any atom is -0.394 e. The van der Waals surface area contributed by atoms with E-state index >= 15 is 0 Å². The molecule has 33 heteroatoms. The van der Waals surface area contributed by atoms with E-state index in [2.05, 4.69) is 21.3 Å². The van der Waals surface area contributed by atoms with Crippen LogP contribution in [0, 0.1) is 0 Å². The SMILES string of the molecule is NCCCCNCCNC(=O)C(O)[C@@H](O)[C@H](OC1OC(CO)[C@@H](O)[C@H](O)[C@@H]1O)C(O)CO.NCCCCNCCNC(=O)C(O)[C@@H](O)[C@H](OC1OC(CO)[C@@H](OC2OC(CO)[C@@H](O)[C@H](O)[C@@H]2O)[C@H](O)[C@@H]1O)C(O)CO. The lowest BCUT2D eigenvalue weighted by atomic mass is 9.96. The zero-order chi connectivity index (χ0) is 56.5. The van der Waals surface area contributed by atoms with Crippen LogP contribution in [-0.2, 0) is 38.0 Å². The van der Waals surface area contributed by atoms with Crippen LogP contribution in [0.25, 0.3) is 0 Å². The zero-order valence-corrected chi connectivity index (χ0v) is 41.2. The van der Waals surface area contributed by atoms with Gasteiger partial charge in [0, 0.05) is 26.2 Å². The predicted octanol–water partition coefficient (Wildman–Crippen LogP) is -14.8. The number of rotatable bonds is 33. The third-order valence-electron chi connectivity index (χ3n) is 12.2. The molecule has 27 N–H and O–H groups in total. The molecule has 33 nitrogen and oxygen atoms in total. The van der Waals surface area contributed by atoms with Gasteiger partial charge in [0.15, 0.2) is 31.1 Å². The second-order valence-electron chi connectivity index (χ2n) is 17.8. The lowest BCUT2D eigenvalue weighted by molar-refractivity contribution is -0.367. The highest BCUT2D eigenvalue weighted by Gasteiger charge is 2.53. The lowest BCUT2D eigenvalue weighted by Crippen LogP contribution is -2.65. The monoisotopic (exact) mass is 1100 g/mol. The van der Waals surface area contributed by atoms with Gasteiger partial charge in [-0.25, -0.2) is 0 Å². The molecular weight excluding hydrogens is 1020 g/mol. The fourth-order valence-electron chi connectivity index (χ4n) is 7.63. The summed E-state index contributed by atoms with van der Waals surface area (Å²) in [5, 5.41) is 201. The van der Waals surface area contributed by atoms with Gasteiger partial charge in [-0.15, -0.1) is 0 Å². The number of hydrogen-bond acceptors (Lipinski definition) is 31. The number of aliphatic hydroxyl groups excluding tert-OH is 19. The van der Waals surface area contributed by atoms with E-state index in [1.807, 2.05) is 0 Å². The Morgan fingerprint density at radius 2 is 0.813 bits per heavy atom. The van der Waals surface area contributed by atoms with Crippen LogP contribution in [0.4, 0.5) is 0 Å². The van der Waals surface area contributed by atoms with Gasteiger partial charge < -0.3 is 158 Å². The van der Waals surface area contributed by atoms with Gasteiger partial charge >= 0.3 is 0 Å². The molecule has 0 aromatic heterocycles. The third kappa shape index (κ3) is 20.8. The lowest BCUT2D eigenvalue weighted by Gasteiger charge is -2.46. The van der Waals surface area contributed by atoms with Crippen molar-refractivity contribution >= 4 is 11.8 Å². The van der Waals surface area contributed by atoms with E-state index in [1.54, 1.807) is 0 Å². The highest BCUT2D eigenvalue weighted by Crippen LogP contribution is 2.31. The summed E-state index contributed by atoms with van der Waals surface area (Å²) in [6.45, 7) is -0.986. The standard InChI is InChI=1S/C24H47N3O16.C18H37N3O11/c25-3-1-2-4-26-5-6-27-22(39)17(36)15(34)20(10(31)7-28)42-24-19(38)16(35)21(12(9-30)41-24)43-23-18(37)14(33)13(32)11(8-29)40-23;19-3-1-2-4-20-5-6-21-17(30)14(28)13(27)16(9(24)7-22)32-18-15(29)12(26)11(25)10(8-23)31-18/h10-21,23-24,26,28-38H,1-9,25H2,(H,27,39);9-16,18,20,22-29H,1-8,19H2,(H,21,30)/t10?,11?,12?,13-,14+,15-,16-,17?,18+,19+,20-,21-,23?,24?;9?,10?,11-,12+,13-,14?,15+,16-,18?/m11/s1. The van der Waals surface area contributed by atoms with Gasteiger partial charge in [-0.1, -0.05) is 0 Å². The highest BCUT2D eigenvalue weighted by molar-refractivity contribution is 5.81. The Balaban J connectivity index is 0.000000537. The van der Waals surface area contributed by atoms with Crippen molar-refractivity contribution in [3.63, 3.8) is 0 Å². The molecule has 23 atom stereocenters. The van der Waals surface area contributed by atoms with E-state index in [1.165, 1.54) is 0 Å². The fraction of sp³-hybridized carbons (Fsp3) is 0.952. The molecule has 3 aliphatic rings. The topological polar surface area (TPSA) is 574 Å². The Bertz CT molecular complexity index is 1540. The van der Waals surface area contributed by atoms with Crippen LogP contribution in [0.15, 0.2) is 0 Å².